The Morgan fingerprint density at radius 1 is 0.850 bits per heavy atom. The van der Waals surface area contributed by atoms with Gasteiger partial charge < -0.3 is 4.74 Å². The van der Waals surface area contributed by atoms with Gasteiger partial charge in [-0.05, 0) is 18.4 Å². The number of benzene rings is 1. The maximum atomic E-state index is 5.82. The summed E-state index contributed by atoms with van der Waals surface area (Å²) in [5.41, 5.74) is 1.27. The minimum atomic E-state index is 0.431. The Hall–Kier alpha value is -0.820. The molecule has 20 heavy (non-hydrogen) atoms. The molecular formula is C19H38O. The van der Waals surface area contributed by atoms with Gasteiger partial charge in [-0.3, -0.25) is 0 Å². The van der Waals surface area contributed by atoms with E-state index in [1.54, 1.807) is 0 Å². The minimum Gasteiger partial charge on any atom is -0.374 e. The second-order valence-electron chi connectivity index (χ2n) is 3.62. The molecule has 0 spiro atoms. The topological polar surface area (TPSA) is 9.23 Å². The zero-order valence-corrected chi connectivity index (χ0v) is 15.2. The molecule has 1 unspecified atom stereocenters. The van der Waals surface area contributed by atoms with Gasteiger partial charge in [0, 0.05) is 0 Å². The van der Waals surface area contributed by atoms with Crippen LogP contribution in [0.2, 0.25) is 0 Å². The monoisotopic (exact) mass is 282 g/mol. The molecule has 1 rings (SSSR count). The van der Waals surface area contributed by atoms with Crippen LogP contribution in [0.5, 0.6) is 0 Å². The van der Waals surface area contributed by atoms with Crippen LogP contribution in [0.15, 0.2) is 30.3 Å². The van der Waals surface area contributed by atoms with Gasteiger partial charge in [-0.2, -0.15) is 0 Å². The Morgan fingerprint density at radius 3 is 1.75 bits per heavy atom. The van der Waals surface area contributed by atoms with E-state index in [0.29, 0.717) is 6.10 Å². The molecule has 0 aliphatic rings. The third kappa shape index (κ3) is 15.2. The van der Waals surface area contributed by atoms with Crippen molar-refractivity contribution in [2.45, 2.75) is 87.4 Å². The average molecular weight is 283 g/mol. The van der Waals surface area contributed by atoms with E-state index in [1.807, 2.05) is 47.6 Å². The number of hydrogen-bond acceptors (Lipinski definition) is 1. The van der Waals surface area contributed by atoms with Crippen LogP contribution in [0, 0.1) is 0 Å². The molecule has 0 aromatic heterocycles. The Morgan fingerprint density at radius 2 is 1.35 bits per heavy atom. The molecule has 0 heterocycles. The number of rotatable bonds is 6. The molecule has 0 aliphatic heterocycles. The summed E-state index contributed by atoms with van der Waals surface area (Å²) in [4.78, 5) is 0. The van der Waals surface area contributed by atoms with Crippen molar-refractivity contribution in [1.82, 2.24) is 0 Å². The van der Waals surface area contributed by atoms with Crippen LogP contribution in [0.1, 0.15) is 80.2 Å². The van der Waals surface area contributed by atoms with Gasteiger partial charge in [0.2, 0.25) is 0 Å². The van der Waals surface area contributed by atoms with Crippen LogP contribution in [-0.4, -0.2) is 6.10 Å². The first kappa shape index (κ1) is 24.2. The molecule has 1 nitrogen and oxygen atoms in total. The van der Waals surface area contributed by atoms with Crippen LogP contribution in [0.4, 0.5) is 0 Å². The minimum absolute atomic E-state index is 0.431. The zero-order chi connectivity index (χ0) is 16.2. The number of ether oxygens (including phenoxy) is 1. The maximum absolute atomic E-state index is 5.82. The summed E-state index contributed by atoms with van der Waals surface area (Å²) < 4.78 is 5.82. The molecule has 1 heteroatoms. The molecule has 1 atom stereocenters. The van der Waals surface area contributed by atoms with Crippen molar-refractivity contribution in [2.75, 3.05) is 0 Å². The van der Waals surface area contributed by atoms with Crippen molar-refractivity contribution in [1.29, 1.82) is 0 Å². The van der Waals surface area contributed by atoms with Gasteiger partial charge in [0.15, 0.2) is 0 Å². The van der Waals surface area contributed by atoms with E-state index >= 15 is 0 Å². The van der Waals surface area contributed by atoms with E-state index in [1.165, 1.54) is 18.4 Å². The van der Waals surface area contributed by atoms with Gasteiger partial charge in [-0.25, -0.2) is 0 Å². The van der Waals surface area contributed by atoms with Gasteiger partial charge >= 0.3 is 0 Å². The Kier molecular flexibility index (Phi) is 28.2. The highest BCUT2D eigenvalue weighted by atomic mass is 16.5. The van der Waals surface area contributed by atoms with Crippen LogP contribution >= 0.6 is 0 Å². The fourth-order valence-corrected chi connectivity index (χ4v) is 1.52. The lowest BCUT2D eigenvalue weighted by atomic mass is 10.1. The normalized spacial score (nSPS) is 9.80. The van der Waals surface area contributed by atoms with Crippen LogP contribution in [-0.2, 0) is 11.3 Å². The smallest absolute Gasteiger partial charge is 0.0720 e. The fraction of sp³-hybridized carbons (Fsp3) is 0.684. The highest BCUT2D eigenvalue weighted by molar-refractivity contribution is 5.13. The van der Waals surface area contributed by atoms with E-state index in [9.17, 15) is 0 Å². The van der Waals surface area contributed by atoms with Gasteiger partial charge in [0.25, 0.3) is 0 Å². The molecule has 0 aliphatic carbocycles. The number of hydrogen-bond donors (Lipinski definition) is 0. The summed E-state index contributed by atoms with van der Waals surface area (Å²) in [5.74, 6) is 0. The van der Waals surface area contributed by atoms with Crippen LogP contribution in [0.3, 0.4) is 0 Å². The molecular weight excluding hydrogens is 244 g/mol. The third-order valence-corrected chi connectivity index (χ3v) is 2.39. The molecule has 0 fully saturated rings. The highest BCUT2D eigenvalue weighted by Crippen LogP contribution is 2.10. The second kappa shape index (κ2) is 23.3. The van der Waals surface area contributed by atoms with E-state index in [-0.39, 0.29) is 0 Å². The average Bonchev–Trinajstić information content (AvgIpc) is 2.58. The van der Waals surface area contributed by atoms with Crippen molar-refractivity contribution in [3.05, 3.63) is 35.9 Å². The van der Waals surface area contributed by atoms with Gasteiger partial charge in [-0.15, -0.1) is 0 Å². The lowest BCUT2D eigenvalue weighted by Gasteiger charge is -2.14. The van der Waals surface area contributed by atoms with Gasteiger partial charge in [0.05, 0.1) is 12.7 Å². The van der Waals surface area contributed by atoms with Gasteiger partial charge in [0.1, 0.15) is 0 Å². The van der Waals surface area contributed by atoms with E-state index < -0.39 is 0 Å². The summed E-state index contributed by atoms with van der Waals surface area (Å²) in [6, 6.07) is 10.4. The summed E-state index contributed by atoms with van der Waals surface area (Å²) in [6.07, 6.45) is 3.91. The SMILES string of the molecule is CC.CC.CC.CCCC(CC)OCc1ccccc1. The fourth-order valence-electron chi connectivity index (χ4n) is 1.52. The zero-order valence-electron chi connectivity index (χ0n) is 15.2. The predicted molar refractivity (Wildman–Crippen MR) is 94.3 cm³/mol. The Labute approximate surface area is 128 Å². The Bertz CT molecular complexity index is 231. The standard InChI is InChI=1S/C13H20O.3C2H6/c1-3-8-13(4-2)14-11-12-9-6-5-7-10-12;3*1-2/h5-7,9-10,13H,3-4,8,11H2,1-2H3;3*1-2H3. The van der Waals surface area contributed by atoms with Crippen molar-refractivity contribution in [2.24, 2.45) is 0 Å². The summed E-state index contributed by atoms with van der Waals surface area (Å²) in [5, 5.41) is 0. The van der Waals surface area contributed by atoms with Crippen molar-refractivity contribution in [3.8, 4) is 0 Å². The van der Waals surface area contributed by atoms with Crippen molar-refractivity contribution < 1.29 is 4.74 Å². The lowest BCUT2D eigenvalue weighted by molar-refractivity contribution is 0.0322. The van der Waals surface area contributed by atoms with Crippen LogP contribution in [0.25, 0.3) is 0 Å². The van der Waals surface area contributed by atoms with E-state index in [0.717, 1.165) is 13.0 Å². The molecule has 0 amide bonds. The van der Waals surface area contributed by atoms with Gasteiger partial charge in [-0.1, -0.05) is 92.1 Å². The molecule has 0 bridgehead atoms. The molecule has 1 aromatic rings. The largest absolute Gasteiger partial charge is 0.374 e. The van der Waals surface area contributed by atoms with E-state index in [4.69, 9.17) is 4.74 Å². The first-order valence-electron chi connectivity index (χ1n) is 8.52. The quantitative estimate of drug-likeness (QED) is 0.553. The summed E-state index contributed by atoms with van der Waals surface area (Å²) in [6.45, 7) is 17.1. The lowest BCUT2D eigenvalue weighted by Crippen LogP contribution is -2.10. The molecule has 120 valence electrons. The first-order valence-corrected chi connectivity index (χ1v) is 8.52. The molecule has 0 saturated carbocycles. The maximum Gasteiger partial charge on any atom is 0.0720 e. The third-order valence-electron chi connectivity index (χ3n) is 2.39. The molecule has 0 radical (unpaired) electrons. The summed E-state index contributed by atoms with van der Waals surface area (Å²) >= 11 is 0. The molecule has 0 N–H and O–H groups in total. The van der Waals surface area contributed by atoms with Crippen molar-refractivity contribution >= 4 is 0 Å². The van der Waals surface area contributed by atoms with Crippen molar-refractivity contribution in [3.63, 3.8) is 0 Å². The van der Waals surface area contributed by atoms with Crippen LogP contribution < -0.4 is 0 Å². The molecule has 0 saturated heterocycles. The molecule has 1 aromatic carbocycles. The highest BCUT2D eigenvalue weighted by Gasteiger charge is 2.04. The Balaban J connectivity index is -0.000000425. The second-order valence-corrected chi connectivity index (χ2v) is 3.62. The summed E-state index contributed by atoms with van der Waals surface area (Å²) in [7, 11) is 0. The predicted octanol–water partition coefficient (Wildman–Crippen LogP) is 6.86. The van der Waals surface area contributed by atoms with E-state index in [2.05, 4.69) is 38.1 Å². The first-order chi connectivity index (χ1) is 9.86.